The third-order valence-corrected chi connectivity index (χ3v) is 3.48. The van der Waals surface area contributed by atoms with E-state index in [0.717, 1.165) is 51.3 Å². The highest BCUT2D eigenvalue weighted by Gasteiger charge is 2.20. The third-order valence-electron chi connectivity index (χ3n) is 3.21. The van der Waals surface area contributed by atoms with Gasteiger partial charge in [0.05, 0.1) is 24.9 Å². The molecule has 0 aliphatic carbocycles. The summed E-state index contributed by atoms with van der Waals surface area (Å²) in [7, 11) is 0. The van der Waals surface area contributed by atoms with Gasteiger partial charge < -0.3 is 4.74 Å². The number of morpholine rings is 1. The quantitative estimate of drug-likeness (QED) is 0.729. The van der Waals surface area contributed by atoms with Gasteiger partial charge in [-0.2, -0.15) is 0 Å². The summed E-state index contributed by atoms with van der Waals surface area (Å²) in [5.41, 5.74) is 1.01. The van der Waals surface area contributed by atoms with E-state index in [9.17, 15) is 0 Å². The van der Waals surface area contributed by atoms with Crippen molar-refractivity contribution in [2.45, 2.75) is 32.4 Å². The van der Waals surface area contributed by atoms with Gasteiger partial charge in [0, 0.05) is 25.2 Å². The molecular formula is C12H21ClN4O. The topological polar surface area (TPSA) is 43.2 Å². The van der Waals surface area contributed by atoms with E-state index in [0.29, 0.717) is 5.88 Å². The fourth-order valence-electron chi connectivity index (χ4n) is 2.18. The van der Waals surface area contributed by atoms with Gasteiger partial charge in [0.25, 0.3) is 0 Å². The molecule has 0 N–H and O–H groups in total. The van der Waals surface area contributed by atoms with Crippen LogP contribution in [0.25, 0.3) is 0 Å². The minimum atomic E-state index is 0.223. The van der Waals surface area contributed by atoms with Crippen molar-refractivity contribution in [1.29, 1.82) is 0 Å². The molecule has 1 saturated heterocycles. The predicted molar refractivity (Wildman–Crippen MR) is 70.9 cm³/mol. The first kappa shape index (κ1) is 13.8. The van der Waals surface area contributed by atoms with Crippen molar-refractivity contribution in [2.24, 2.45) is 0 Å². The summed E-state index contributed by atoms with van der Waals surface area (Å²) in [4.78, 5) is 2.40. The first-order valence-corrected chi connectivity index (χ1v) is 7.14. The summed E-state index contributed by atoms with van der Waals surface area (Å²) < 4.78 is 7.64. The molecule has 0 saturated carbocycles. The average Bonchev–Trinajstić information content (AvgIpc) is 2.84. The molecule has 1 fully saturated rings. The van der Waals surface area contributed by atoms with Crippen LogP contribution in [-0.2, 0) is 17.7 Å². The lowest BCUT2D eigenvalue weighted by atomic mass is 10.2. The van der Waals surface area contributed by atoms with Crippen LogP contribution in [0, 0.1) is 0 Å². The van der Waals surface area contributed by atoms with E-state index < -0.39 is 0 Å². The number of aromatic nitrogens is 3. The predicted octanol–water partition coefficient (Wildman–Crippen LogP) is 1.17. The number of hydrogen-bond donors (Lipinski definition) is 0. The van der Waals surface area contributed by atoms with Crippen LogP contribution in [-0.4, -0.2) is 58.1 Å². The fraction of sp³-hybridized carbons (Fsp3) is 0.833. The summed E-state index contributed by atoms with van der Waals surface area (Å²) >= 11 is 5.67. The minimum absolute atomic E-state index is 0.223. The normalized spacial score (nSPS) is 21.3. The second kappa shape index (κ2) is 7.07. The Morgan fingerprint density at radius 2 is 2.44 bits per heavy atom. The van der Waals surface area contributed by atoms with Crippen molar-refractivity contribution >= 4 is 11.6 Å². The van der Waals surface area contributed by atoms with E-state index in [4.69, 9.17) is 16.3 Å². The summed E-state index contributed by atoms with van der Waals surface area (Å²) in [5.74, 6) is 0.671. The van der Waals surface area contributed by atoms with Gasteiger partial charge in [-0.3, -0.25) is 4.90 Å². The van der Waals surface area contributed by atoms with E-state index in [1.54, 1.807) is 0 Å². The highest BCUT2D eigenvalue weighted by molar-refractivity contribution is 6.17. The van der Waals surface area contributed by atoms with Gasteiger partial charge in [-0.1, -0.05) is 12.1 Å². The number of aryl methyl sites for hydroxylation is 1. The number of alkyl halides is 1. The molecule has 1 atom stereocenters. The molecule has 18 heavy (non-hydrogen) atoms. The molecule has 0 aromatic carbocycles. The molecule has 0 spiro atoms. The Hall–Kier alpha value is -0.650. The van der Waals surface area contributed by atoms with Gasteiger partial charge in [-0.25, -0.2) is 4.68 Å². The van der Waals surface area contributed by atoms with Crippen LogP contribution in [0.15, 0.2) is 6.20 Å². The number of rotatable bonds is 6. The maximum absolute atomic E-state index is 5.75. The molecule has 0 bridgehead atoms. The Balaban J connectivity index is 1.83. The van der Waals surface area contributed by atoms with Crippen LogP contribution in [0.5, 0.6) is 0 Å². The van der Waals surface area contributed by atoms with Crippen LogP contribution in [0.3, 0.4) is 0 Å². The van der Waals surface area contributed by atoms with Crippen molar-refractivity contribution in [1.82, 2.24) is 19.9 Å². The second-order valence-corrected chi connectivity index (χ2v) is 4.99. The average molecular weight is 273 g/mol. The second-order valence-electron chi connectivity index (χ2n) is 4.61. The van der Waals surface area contributed by atoms with Crippen LogP contribution in [0.4, 0.5) is 0 Å². The SMILES string of the molecule is CCN1CCOC(Cn2cc(CCCCl)nn2)C1. The van der Waals surface area contributed by atoms with Gasteiger partial charge >= 0.3 is 0 Å². The first-order chi connectivity index (χ1) is 8.81. The Morgan fingerprint density at radius 1 is 1.56 bits per heavy atom. The Bertz CT molecular complexity index is 358. The molecule has 1 aromatic rings. The number of nitrogens with zero attached hydrogens (tertiary/aromatic N) is 4. The molecule has 1 aliphatic rings. The Morgan fingerprint density at radius 3 is 3.22 bits per heavy atom. The molecule has 1 aromatic heterocycles. The van der Waals surface area contributed by atoms with Gasteiger partial charge in [0.2, 0.25) is 0 Å². The maximum Gasteiger partial charge on any atom is 0.0898 e. The van der Waals surface area contributed by atoms with Crippen molar-refractivity contribution in [3.63, 3.8) is 0 Å². The number of ether oxygens (including phenoxy) is 1. The molecular weight excluding hydrogens is 252 g/mol. The smallest absolute Gasteiger partial charge is 0.0898 e. The van der Waals surface area contributed by atoms with Gasteiger partial charge in [-0.05, 0) is 19.4 Å². The summed E-state index contributed by atoms with van der Waals surface area (Å²) in [5, 5.41) is 8.28. The van der Waals surface area contributed by atoms with Crippen molar-refractivity contribution in [3.05, 3.63) is 11.9 Å². The summed E-state index contributed by atoms with van der Waals surface area (Å²) in [6, 6.07) is 0. The standard InChI is InChI=1S/C12H21ClN4O/c1-2-16-6-7-18-12(9-16)10-17-8-11(14-15-17)4-3-5-13/h8,12H,2-7,9-10H2,1H3. The molecule has 5 nitrogen and oxygen atoms in total. The van der Waals surface area contributed by atoms with Crippen LogP contribution >= 0.6 is 11.6 Å². The molecule has 0 amide bonds. The molecule has 1 aliphatic heterocycles. The number of likely N-dealkylation sites (N-methyl/N-ethyl adjacent to an activating group) is 1. The van der Waals surface area contributed by atoms with Gasteiger partial charge in [0.15, 0.2) is 0 Å². The zero-order valence-electron chi connectivity index (χ0n) is 10.9. The maximum atomic E-state index is 5.75. The van der Waals surface area contributed by atoms with Gasteiger partial charge in [0.1, 0.15) is 0 Å². The summed E-state index contributed by atoms with van der Waals surface area (Å²) in [6.07, 6.45) is 4.07. The number of hydrogen-bond acceptors (Lipinski definition) is 4. The Labute approximate surface area is 113 Å². The monoisotopic (exact) mass is 272 g/mol. The van der Waals surface area contributed by atoms with E-state index in [-0.39, 0.29) is 6.10 Å². The molecule has 6 heteroatoms. The van der Waals surface area contributed by atoms with Gasteiger partial charge in [-0.15, -0.1) is 16.7 Å². The first-order valence-electron chi connectivity index (χ1n) is 6.60. The van der Waals surface area contributed by atoms with E-state index in [1.165, 1.54) is 0 Å². The van der Waals surface area contributed by atoms with E-state index in [1.807, 2.05) is 10.9 Å². The van der Waals surface area contributed by atoms with Crippen LogP contribution in [0.1, 0.15) is 19.0 Å². The zero-order chi connectivity index (χ0) is 12.8. The van der Waals surface area contributed by atoms with E-state index in [2.05, 4.69) is 22.1 Å². The fourth-order valence-corrected chi connectivity index (χ4v) is 2.31. The van der Waals surface area contributed by atoms with Crippen molar-refractivity contribution in [2.75, 3.05) is 32.1 Å². The molecule has 102 valence electrons. The lowest BCUT2D eigenvalue weighted by Crippen LogP contribution is -2.44. The Kier molecular flexibility index (Phi) is 5.41. The lowest BCUT2D eigenvalue weighted by Gasteiger charge is -2.31. The molecule has 1 unspecified atom stereocenters. The molecule has 0 radical (unpaired) electrons. The number of halogens is 1. The van der Waals surface area contributed by atoms with E-state index >= 15 is 0 Å². The molecule has 2 heterocycles. The van der Waals surface area contributed by atoms with Crippen LogP contribution in [0.2, 0.25) is 0 Å². The zero-order valence-corrected chi connectivity index (χ0v) is 11.6. The third kappa shape index (κ3) is 3.93. The van der Waals surface area contributed by atoms with Crippen molar-refractivity contribution < 1.29 is 4.74 Å². The highest BCUT2D eigenvalue weighted by atomic mass is 35.5. The van der Waals surface area contributed by atoms with Crippen LogP contribution < -0.4 is 0 Å². The lowest BCUT2D eigenvalue weighted by molar-refractivity contribution is -0.0360. The summed E-state index contributed by atoms with van der Waals surface area (Å²) in [6.45, 7) is 6.87. The van der Waals surface area contributed by atoms with Crippen molar-refractivity contribution in [3.8, 4) is 0 Å². The largest absolute Gasteiger partial charge is 0.374 e. The minimum Gasteiger partial charge on any atom is -0.374 e. The molecule has 2 rings (SSSR count). The highest BCUT2D eigenvalue weighted by Crippen LogP contribution is 2.07.